The van der Waals surface area contributed by atoms with Crippen LogP contribution in [0.25, 0.3) is 16.9 Å². The molecule has 1 aliphatic rings. The number of rotatable bonds is 5. The Kier molecular flexibility index (Phi) is 4.52. The lowest BCUT2D eigenvalue weighted by atomic mass is 10.0. The molecule has 0 fully saturated rings. The molecule has 3 aromatic rings. The van der Waals surface area contributed by atoms with Gasteiger partial charge in [-0.3, -0.25) is 0 Å². The van der Waals surface area contributed by atoms with E-state index in [0.717, 1.165) is 41.5 Å². The molecule has 0 atom stereocenters. The first-order valence-electron chi connectivity index (χ1n) is 9.32. The van der Waals surface area contributed by atoms with Gasteiger partial charge in [0.2, 0.25) is 0 Å². The Labute approximate surface area is 159 Å². The molecule has 1 N–H and O–H groups in total. The van der Waals surface area contributed by atoms with Crippen LogP contribution in [0.1, 0.15) is 30.9 Å². The summed E-state index contributed by atoms with van der Waals surface area (Å²) in [5, 5.41) is 8.54. The van der Waals surface area contributed by atoms with Gasteiger partial charge >= 0.3 is 0 Å². The van der Waals surface area contributed by atoms with Crippen molar-refractivity contribution in [2.24, 2.45) is 0 Å². The minimum Gasteiger partial charge on any atom is -0.493 e. The lowest BCUT2D eigenvalue weighted by Crippen LogP contribution is -2.07. The van der Waals surface area contributed by atoms with Crippen molar-refractivity contribution in [3.8, 4) is 28.4 Å². The summed E-state index contributed by atoms with van der Waals surface area (Å²) >= 11 is 0. The van der Waals surface area contributed by atoms with E-state index >= 15 is 0 Å². The molecule has 1 aromatic heterocycles. The lowest BCUT2D eigenvalue weighted by Gasteiger charge is -2.14. The second-order valence-corrected chi connectivity index (χ2v) is 7.02. The highest BCUT2D eigenvalue weighted by Gasteiger charge is 2.27. The summed E-state index contributed by atoms with van der Waals surface area (Å²) in [5.74, 6) is 2.92. The lowest BCUT2D eigenvalue weighted by molar-refractivity contribution is 0.356. The Balaban J connectivity index is 1.94. The number of ether oxygens (including phenoxy) is 2. The molecule has 5 heteroatoms. The summed E-state index contributed by atoms with van der Waals surface area (Å²) in [6, 6.07) is 14.4. The molecule has 1 aliphatic heterocycles. The van der Waals surface area contributed by atoms with Gasteiger partial charge in [-0.05, 0) is 36.1 Å². The van der Waals surface area contributed by atoms with Crippen molar-refractivity contribution in [1.82, 2.24) is 9.78 Å². The Hall–Kier alpha value is -2.95. The van der Waals surface area contributed by atoms with E-state index in [1.165, 1.54) is 11.1 Å². The van der Waals surface area contributed by atoms with Crippen LogP contribution in [0.3, 0.4) is 0 Å². The fourth-order valence-corrected chi connectivity index (χ4v) is 3.81. The molecule has 0 saturated heterocycles. The molecule has 0 amide bonds. The van der Waals surface area contributed by atoms with Gasteiger partial charge in [0.15, 0.2) is 11.5 Å². The van der Waals surface area contributed by atoms with E-state index in [1.54, 1.807) is 14.2 Å². The average molecular weight is 363 g/mol. The molecule has 4 rings (SSSR count). The first-order chi connectivity index (χ1) is 13.2. The predicted molar refractivity (Wildman–Crippen MR) is 108 cm³/mol. The number of nitrogens with zero attached hydrogens (tertiary/aromatic N) is 2. The first-order valence-corrected chi connectivity index (χ1v) is 9.32. The van der Waals surface area contributed by atoms with Gasteiger partial charge in [-0.15, -0.1) is 0 Å². The predicted octanol–water partition coefficient (Wildman–Crippen LogP) is 4.65. The molecule has 0 aliphatic carbocycles. The molecule has 27 heavy (non-hydrogen) atoms. The van der Waals surface area contributed by atoms with Crippen molar-refractivity contribution in [3.63, 3.8) is 0 Å². The second-order valence-electron chi connectivity index (χ2n) is 7.02. The highest BCUT2D eigenvalue weighted by Crippen LogP contribution is 2.42. The van der Waals surface area contributed by atoms with Crippen LogP contribution in [0.4, 0.5) is 5.82 Å². The maximum Gasteiger partial charge on any atom is 0.170 e. The standard InChI is InChI=1S/C22H25N3O2/c1-14(2)15-8-5-6-10-18(15)25-22-17(12-13-23-22)20(24-25)16-9-7-11-19(26-3)21(16)27-4/h5-11,14,23H,12-13H2,1-4H3. The van der Waals surface area contributed by atoms with E-state index in [4.69, 9.17) is 14.6 Å². The van der Waals surface area contributed by atoms with E-state index in [0.29, 0.717) is 11.7 Å². The molecule has 2 heterocycles. The topological polar surface area (TPSA) is 48.3 Å². The monoisotopic (exact) mass is 363 g/mol. The van der Waals surface area contributed by atoms with Crippen LogP contribution in [0.5, 0.6) is 11.5 Å². The van der Waals surface area contributed by atoms with Gasteiger partial charge in [-0.2, -0.15) is 5.10 Å². The van der Waals surface area contributed by atoms with Crippen LogP contribution >= 0.6 is 0 Å². The molecule has 0 bridgehead atoms. The quantitative estimate of drug-likeness (QED) is 0.717. The zero-order chi connectivity index (χ0) is 19.0. The highest BCUT2D eigenvalue weighted by atomic mass is 16.5. The third-order valence-corrected chi connectivity index (χ3v) is 5.10. The van der Waals surface area contributed by atoms with Crippen molar-refractivity contribution < 1.29 is 9.47 Å². The maximum atomic E-state index is 5.66. The van der Waals surface area contributed by atoms with Gasteiger partial charge in [0.1, 0.15) is 11.5 Å². The molecule has 2 aromatic carbocycles. The Bertz CT molecular complexity index is 976. The zero-order valence-electron chi connectivity index (χ0n) is 16.2. The first kappa shape index (κ1) is 17.5. The fourth-order valence-electron chi connectivity index (χ4n) is 3.81. The number of methoxy groups -OCH3 is 2. The average Bonchev–Trinajstić information content (AvgIpc) is 3.30. The SMILES string of the molecule is COc1cccc(-c2nn(-c3ccccc3C(C)C)c3c2CCN3)c1OC. The summed E-state index contributed by atoms with van der Waals surface area (Å²) in [5.41, 5.74) is 5.52. The smallest absolute Gasteiger partial charge is 0.170 e. The third-order valence-electron chi connectivity index (χ3n) is 5.10. The fraction of sp³-hybridized carbons (Fsp3) is 0.318. The highest BCUT2D eigenvalue weighted by molar-refractivity contribution is 5.79. The summed E-state index contributed by atoms with van der Waals surface area (Å²) in [6.07, 6.45) is 0.939. The molecule has 0 spiro atoms. The molecular formula is C22H25N3O2. The number of fused-ring (bicyclic) bond motifs is 1. The Morgan fingerprint density at radius 3 is 2.59 bits per heavy atom. The van der Waals surface area contributed by atoms with Crippen LogP contribution < -0.4 is 14.8 Å². The molecule has 0 saturated carbocycles. The summed E-state index contributed by atoms with van der Waals surface area (Å²) in [4.78, 5) is 0. The van der Waals surface area contributed by atoms with Crippen molar-refractivity contribution in [2.45, 2.75) is 26.2 Å². The van der Waals surface area contributed by atoms with Gasteiger partial charge in [0.25, 0.3) is 0 Å². The van der Waals surface area contributed by atoms with Gasteiger partial charge in [0.05, 0.1) is 19.9 Å². The molecule has 0 radical (unpaired) electrons. The van der Waals surface area contributed by atoms with Gasteiger partial charge in [-0.25, -0.2) is 4.68 Å². The van der Waals surface area contributed by atoms with Crippen LogP contribution in [0.15, 0.2) is 42.5 Å². The molecule has 140 valence electrons. The number of hydrogen-bond acceptors (Lipinski definition) is 4. The van der Waals surface area contributed by atoms with Crippen molar-refractivity contribution in [3.05, 3.63) is 53.6 Å². The van der Waals surface area contributed by atoms with E-state index in [2.05, 4.69) is 43.4 Å². The van der Waals surface area contributed by atoms with Crippen molar-refractivity contribution >= 4 is 5.82 Å². The number of anilines is 1. The third kappa shape index (κ3) is 2.83. The van der Waals surface area contributed by atoms with E-state index in [9.17, 15) is 0 Å². The largest absolute Gasteiger partial charge is 0.493 e. The molecule has 0 unspecified atom stereocenters. The number of para-hydroxylation sites is 2. The van der Waals surface area contributed by atoms with Crippen LogP contribution in [0, 0.1) is 0 Å². The van der Waals surface area contributed by atoms with E-state index in [-0.39, 0.29) is 0 Å². The van der Waals surface area contributed by atoms with Crippen molar-refractivity contribution in [1.29, 1.82) is 0 Å². The number of hydrogen-bond donors (Lipinski definition) is 1. The summed E-state index contributed by atoms with van der Waals surface area (Å²) in [7, 11) is 3.33. The number of aromatic nitrogens is 2. The number of benzene rings is 2. The Morgan fingerprint density at radius 2 is 1.85 bits per heavy atom. The van der Waals surface area contributed by atoms with Gasteiger partial charge in [0, 0.05) is 17.7 Å². The number of nitrogens with one attached hydrogen (secondary N) is 1. The van der Waals surface area contributed by atoms with Crippen LogP contribution in [-0.4, -0.2) is 30.5 Å². The normalized spacial score (nSPS) is 12.8. The summed E-state index contributed by atoms with van der Waals surface area (Å²) < 4.78 is 13.2. The van der Waals surface area contributed by atoms with Crippen LogP contribution in [-0.2, 0) is 6.42 Å². The van der Waals surface area contributed by atoms with E-state index in [1.807, 2.05) is 22.9 Å². The van der Waals surface area contributed by atoms with Gasteiger partial charge < -0.3 is 14.8 Å². The van der Waals surface area contributed by atoms with Gasteiger partial charge in [-0.1, -0.05) is 38.1 Å². The van der Waals surface area contributed by atoms with E-state index < -0.39 is 0 Å². The zero-order valence-corrected chi connectivity index (χ0v) is 16.2. The minimum atomic E-state index is 0.414. The second kappa shape index (κ2) is 6.99. The molecule has 5 nitrogen and oxygen atoms in total. The molecular weight excluding hydrogens is 338 g/mol. The minimum absolute atomic E-state index is 0.414. The van der Waals surface area contributed by atoms with Crippen LogP contribution in [0.2, 0.25) is 0 Å². The Morgan fingerprint density at radius 1 is 1.04 bits per heavy atom. The maximum absolute atomic E-state index is 5.66. The summed E-state index contributed by atoms with van der Waals surface area (Å²) in [6.45, 7) is 5.33. The van der Waals surface area contributed by atoms with Crippen molar-refractivity contribution in [2.75, 3.05) is 26.1 Å².